The van der Waals surface area contributed by atoms with E-state index < -0.39 is 15.7 Å². The first kappa shape index (κ1) is 16.7. The van der Waals surface area contributed by atoms with Crippen molar-refractivity contribution in [1.82, 2.24) is 9.80 Å². The minimum absolute atomic E-state index is 0.0617. The van der Waals surface area contributed by atoms with Crippen LogP contribution in [0.15, 0.2) is 18.2 Å². The van der Waals surface area contributed by atoms with E-state index in [1.165, 1.54) is 12.1 Å². The molecule has 5 nitrogen and oxygen atoms in total. The number of benzene rings is 1. The fourth-order valence-corrected chi connectivity index (χ4v) is 5.20. The van der Waals surface area contributed by atoms with E-state index in [9.17, 15) is 17.6 Å². The second kappa shape index (κ2) is 6.37. The Labute approximate surface area is 139 Å². The Kier molecular flexibility index (Phi) is 4.62. The number of nitrogens with zero attached hydrogens (tertiary/aromatic N) is 2. The van der Waals surface area contributed by atoms with Crippen LogP contribution in [-0.4, -0.2) is 67.9 Å². The maximum atomic E-state index is 13.1. The second-order valence-electron chi connectivity index (χ2n) is 6.01. The van der Waals surface area contributed by atoms with Crippen LogP contribution in [0.2, 0.25) is 5.02 Å². The second-order valence-corrected chi connectivity index (χ2v) is 8.65. The molecule has 2 saturated heterocycles. The summed E-state index contributed by atoms with van der Waals surface area (Å²) in [6.07, 6.45) is 0.667. The molecule has 1 unspecified atom stereocenters. The van der Waals surface area contributed by atoms with E-state index >= 15 is 0 Å². The number of hydrogen-bond acceptors (Lipinski definition) is 4. The Morgan fingerprint density at radius 1 is 1.22 bits per heavy atom. The Morgan fingerprint density at radius 3 is 2.48 bits per heavy atom. The average Bonchev–Trinajstić information content (AvgIpc) is 2.87. The zero-order chi connectivity index (χ0) is 16.6. The molecule has 1 aromatic rings. The Bertz CT molecular complexity index is 717. The van der Waals surface area contributed by atoms with Gasteiger partial charge in [0, 0.05) is 32.2 Å². The van der Waals surface area contributed by atoms with E-state index in [2.05, 4.69) is 4.90 Å². The van der Waals surface area contributed by atoms with Crippen LogP contribution in [0.1, 0.15) is 16.8 Å². The highest BCUT2D eigenvalue weighted by atomic mass is 35.5. The molecule has 0 aromatic heterocycles. The monoisotopic (exact) mass is 360 g/mol. The lowest BCUT2D eigenvalue weighted by Crippen LogP contribution is -2.52. The maximum absolute atomic E-state index is 13.1. The summed E-state index contributed by atoms with van der Waals surface area (Å²) in [6.45, 7) is 2.32. The van der Waals surface area contributed by atoms with Crippen LogP contribution in [0.4, 0.5) is 4.39 Å². The molecule has 0 bridgehead atoms. The number of amides is 1. The van der Waals surface area contributed by atoms with E-state index in [1.807, 2.05) is 0 Å². The van der Waals surface area contributed by atoms with Crippen molar-refractivity contribution in [2.24, 2.45) is 0 Å². The van der Waals surface area contributed by atoms with Crippen LogP contribution in [-0.2, 0) is 9.84 Å². The van der Waals surface area contributed by atoms with Crippen LogP contribution < -0.4 is 0 Å². The molecule has 126 valence electrons. The Morgan fingerprint density at radius 2 is 1.91 bits per heavy atom. The number of rotatable bonds is 2. The first-order chi connectivity index (χ1) is 10.9. The molecule has 2 heterocycles. The number of carbonyl (C=O) groups excluding carboxylic acids is 1. The quantitative estimate of drug-likeness (QED) is 0.800. The van der Waals surface area contributed by atoms with Crippen molar-refractivity contribution in [1.29, 1.82) is 0 Å². The lowest BCUT2D eigenvalue weighted by molar-refractivity contribution is 0.0588. The fraction of sp³-hybridized carbons (Fsp3) is 0.533. The molecule has 1 atom stereocenters. The number of halogens is 2. The normalized spacial score (nSPS) is 24.8. The predicted octanol–water partition coefficient (Wildman–Crippen LogP) is 1.42. The van der Waals surface area contributed by atoms with Crippen molar-refractivity contribution < 1.29 is 17.6 Å². The molecule has 2 aliphatic rings. The highest BCUT2D eigenvalue weighted by molar-refractivity contribution is 7.91. The predicted molar refractivity (Wildman–Crippen MR) is 85.9 cm³/mol. The Hall–Kier alpha value is -1.18. The van der Waals surface area contributed by atoms with Crippen molar-refractivity contribution in [2.45, 2.75) is 12.5 Å². The highest BCUT2D eigenvalue weighted by Crippen LogP contribution is 2.22. The SMILES string of the molecule is O=C(c1ccc(F)cc1Cl)N1CCN(C2CCS(=O)(=O)C2)CC1. The molecule has 1 aromatic carbocycles. The molecule has 0 radical (unpaired) electrons. The van der Waals surface area contributed by atoms with Gasteiger partial charge in [0.25, 0.3) is 5.91 Å². The van der Waals surface area contributed by atoms with Gasteiger partial charge in [-0.3, -0.25) is 9.69 Å². The van der Waals surface area contributed by atoms with Gasteiger partial charge in [-0.25, -0.2) is 12.8 Å². The number of sulfone groups is 1. The third-order valence-electron chi connectivity index (χ3n) is 4.49. The van der Waals surface area contributed by atoms with Gasteiger partial charge in [0.2, 0.25) is 0 Å². The van der Waals surface area contributed by atoms with Crippen LogP contribution in [0.25, 0.3) is 0 Å². The third kappa shape index (κ3) is 3.67. The summed E-state index contributed by atoms with van der Waals surface area (Å²) >= 11 is 5.94. The lowest BCUT2D eigenvalue weighted by Gasteiger charge is -2.37. The van der Waals surface area contributed by atoms with Crippen molar-refractivity contribution in [2.75, 3.05) is 37.7 Å². The summed E-state index contributed by atoms with van der Waals surface area (Å²) < 4.78 is 36.2. The Balaban J connectivity index is 1.61. The van der Waals surface area contributed by atoms with Gasteiger partial charge < -0.3 is 4.90 Å². The largest absolute Gasteiger partial charge is 0.336 e. The third-order valence-corrected chi connectivity index (χ3v) is 6.55. The van der Waals surface area contributed by atoms with E-state index in [0.29, 0.717) is 38.2 Å². The van der Waals surface area contributed by atoms with Crippen LogP contribution >= 0.6 is 11.6 Å². The summed E-state index contributed by atoms with van der Waals surface area (Å²) in [5, 5.41) is 0.110. The molecule has 2 fully saturated rings. The molecule has 8 heteroatoms. The van der Waals surface area contributed by atoms with Gasteiger partial charge in [-0.1, -0.05) is 11.6 Å². The molecular weight excluding hydrogens is 343 g/mol. The van der Waals surface area contributed by atoms with E-state index in [-0.39, 0.29) is 28.5 Å². The summed E-state index contributed by atoms with van der Waals surface area (Å²) in [7, 11) is -2.90. The van der Waals surface area contributed by atoms with Gasteiger partial charge in [0.1, 0.15) is 5.82 Å². The first-order valence-electron chi connectivity index (χ1n) is 7.54. The minimum atomic E-state index is -2.90. The molecular formula is C15H18ClFN2O3S. The topological polar surface area (TPSA) is 57.7 Å². The zero-order valence-corrected chi connectivity index (χ0v) is 14.1. The molecule has 0 saturated carbocycles. The molecule has 0 aliphatic carbocycles. The molecule has 2 aliphatic heterocycles. The lowest BCUT2D eigenvalue weighted by atomic mass is 10.1. The number of carbonyl (C=O) groups is 1. The summed E-state index contributed by atoms with van der Waals surface area (Å²) in [5.41, 5.74) is 0.296. The van der Waals surface area contributed by atoms with Gasteiger partial charge in [-0.2, -0.15) is 0 Å². The van der Waals surface area contributed by atoms with Gasteiger partial charge >= 0.3 is 0 Å². The molecule has 23 heavy (non-hydrogen) atoms. The first-order valence-corrected chi connectivity index (χ1v) is 9.74. The molecule has 1 amide bonds. The highest BCUT2D eigenvalue weighted by Gasteiger charge is 2.34. The number of hydrogen-bond donors (Lipinski definition) is 0. The maximum Gasteiger partial charge on any atom is 0.255 e. The van der Waals surface area contributed by atoms with Crippen molar-refractivity contribution in [3.8, 4) is 0 Å². The molecule has 3 rings (SSSR count). The van der Waals surface area contributed by atoms with E-state index in [1.54, 1.807) is 4.90 Å². The van der Waals surface area contributed by atoms with Crippen molar-refractivity contribution >= 4 is 27.3 Å². The van der Waals surface area contributed by atoms with Crippen LogP contribution in [0.5, 0.6) is 0 Å². The van der Waals surface area contributed by atoms with Gasteiger partial charge in [0.05, 0.1) is 22.1 Å². The van der Waals surface area contributed by atoms with Gasteiger partial charge in [-0.15, -0.1) is 0 Å². The van der Waals surface area contributed by atoms with Gasteiger partial charge in [0.15, 0.2) is 9.84 Å². The van der Waals surface area contributed by atoms with Crippen molar-refractivity contribution in [3.05, 3.63) is 34.6 Å². The molecule has 0 spiro atoms. The smallest absolute Gasteiger partial charge is 0.255 e. The minimum Gasteiger partial charge on any atom is -0.336 e. The average molecular weight is 361 g/mol. The van der Waals surface area contributed by atoms with E-state index in [4.69, 9.17) is 11.6 Å². The number of piperazine rings is 1. The van der Waals surface area contributed by atoms with Gasteiger partial charge in [-0.05, 0) is 24.6 Å². The standard InChI is InChI=1S/C15H18ClFN2O3S/c16-14-9-11(17)1-2-13(14)15(20)19-6-4-18(5-7-19)12-3-8-23(21,22)10-12/h1-2,9,12H,3-8,10H2. The fourth-order valence-electron chi connectivity index (χ4n) is 3.19. The zero-order valence-electron chi connectivity index (χ0n) is 12.5. The van der Waals surface area contributed by atoms with Crippen molar-refractivity contribution in [3.63, 3.8) is 0 Å². The van der Waals surface area contributed by atoms with E-state index in [0.717, 1.165) is 6.07 Å². The van der Waals surface area contributed by atoms with Crippen LogP contribution in [0.3, 0.4) is 0 Å². The summed E-state index contributed by atoms with van der Waals surface area (Å²) in [6, 6.07) is 3.81. The van der Waals surface area contributed by atoms with Crippen LogP contribution in [0, 0.1) is 5.82 Å². The molecule has 0 N–H and O–H groups in total. The summed E-state index contributed by atoms with van der Waals surface area (Å²) in [5.74, 6) is -0.222. The summed E-state index contributed by atoms with van der Waals surface area (Å²) in [4.78, 5) is 16.3.